The van der Waals surface area contributed by atoms with Crippen molar-refractivity contribution in [2.75, 3.05) is 38.5 Å². The van der Waals surface area contributed by atoms with Gasteiger partial charge in [0.05, 0.1) is 6.61 Å². The third-order valence-electron chi connectivity index (χ3n) is 5.28. The molecule has 0 fully saturated rings. The SMILES string of the molecule is COCCN1CN(CCC(C)=O)n2cc(C(=O)NCc3ccc(F)cc3F)c(=O)c(O)c2C1=O. The summed E-state index contributed by atoms with van der Waals surface area (Å²) < 4.78 is 33.1. The molecule has 1 aromatic carbocycles. The van der Waals surface area contributed by atoms with Crippen LogP contribution in [-0.4, -0.2) is 65.8 Å². The van der Waals surface area contributed by atoms with Crippen molar-refractivity contribution in [2.24, 2.45) is 0 Å². The van der Waals surface area contributed by atoms with E-state index < -0.39 is 40.2 Å². The van der Waals surface area contributed by atoms with E-state index in [1.165, 1.54) is 28.6 Å². The number of carbonyl (C=O) groups excluding carboxylic acids is 3. The second-order valence-electron chi connectivity index (χ2n) is 7.72. The van der Waals surface area contributed by atoms with E-state index in [1.54, 1.807) is 0 Å². The number of nitrogens with zero attached hydrogens (tertiary/aromatic N) is 3. The molecule has 1 aromatic heterocycles. The van der Waals surface area contributed by atoms with Crippen LogP contribution in [0.25, 0.3) is 0 Å². The minimum atomic E-state index is -1.09. The summed E-state index contributed by atoms with van der Waals surface area (Å²) in [6.45, 7) is 1.60. The van der Waals surface area contributed by atoms with Crippen molar-refractivity contribution < 1.29 is 33.0 Å². The first-order chi connectivity index (χ1) is 16.1. The minimum absolute atomic E-state index is 0.0101. The lowest BCUT2D eigenvalue weighted by atomic mass is 10.1. The second kappa shape index (κ2) is 10.4. The number of methoxy groups -OCH3 is 1. The summed E-state index contributed by atoms with van der Waals surface area (Å²) in [7, 11) is 1.46. The number of nitrogens with one attached hydrogen (secondary N) is 1. The summed E-state index contributed by atoms with van der Waals surface area (Å²) in [6.07, 6.45) is 1.21. The number of pyridine rings is 1. The number of aromatic nitrogens is 1. The van der Waals surface area contributed by atoms with Crippen molar-refractivity contribution in [1.82, 2.24) is 14.9 Å². The Kier molecular flexibility index (Phi) is 7.61. The molecule has 2 heterocycles. The van der Waals surface area contributed by atoms with E-state index in [1.807, 2.05) is 0 Å². The van der Waals surface area contributed by atoms with Gasteiger partial charge in [0.25, 0.3) is 11.8 Å². The first kappa shape index (κ1) is 24.8. The first-order valence-corrected chi connectivity index (χ1v) is 10.4. The third-order valence-corrected chi connectivity index (χ3v) is 5.28. The zero-order valence-electron chi connectivity index (χ0n) is 18.6. The zero-order valence-corrected chi connectivity index (χ0v) is 18.6. The molecule has 0 aliphatic carbocycles. The lowest BCUT2D eigenvalue weighted by Gasteiger charge is -2.39. The molecule has 10 nitrogen and oxygen atoms in total. The van der Waals surface area contributed by atoms with Crippen molar-refractivity contribution in [3.8, 4) is 5.75 Å². The number of amides is 2. The maximum atomic E-state index is 13.9. The van der Waals surface area contributed by atoms with Crippen molar-refractivity contribution >= 4 is 17.6 Å². The zero-order chi connectivity index (χ0) is 25.0. The molecule has 34 heavy (non-hydrogen) atoms. The minimum Gasteiger partial charge on any atom is -0.502 e. The molecule has 0 bridgehead atoms. The van der Waals surface area contributed by atoms with Crippen molar-refractivity contribution in [1.29, 1.82) is 0 Å². The van der Waals surface area contributed by atoms with E-state index in [0.717, 1.165) is 18.3 Å². The summed E-state index contributed by atoms with van der Waals surface area (Å²) in [4.78, 5) is 51.2. The van der Waals surface area contributed by atoms with E-state index in [-0.39, 0.29) is 56.4 Å². The molecule has 0 saturated heterocycles. The number of fused-ring (bicyclic) bond motifs is 1. The molecule has 3 rings (SSSR count). The van der Waals surface area contributed by atoms with E-state index in [9.17, 15) is 33.1 Å². The highest BCUT2D eigenvalue weighted by Crippen LogP contribution is 2.21. The van der Waals surface area contributed by atoms with Crippen LogP contribution < -0.4 is 15.8 Å². The molecule has 0 spiro atoms. The van der Waals surface area contributed by atoms with Crippen LogP contribution in [0.1, 0.15) is 39.8 Å². The summed E-state index contributed by atoms with van der Waals surface area (Å²) >= 11 is 0. The lowest BCUT2D eigenvalue weighted by molar-refractivity contribution is -0.116. The molecule has 1 aliphatic rings. The highest BCUT2D eigenvalue weighted by Gasteiger charge is 2.34. The topological polar surface area (TPSA) is 121 Å². The summed E-state index contributed by atoms with van der Waals surface area (Å²) in [5.74, 6) is -4.28. The summed E-state index contributed by atoms with van der Waals surface area (Å²) in [5, 5.41) is 14.4. The average Bonchev–Trinajstić information content (AvgIpc) is 2.78. The molecule has 0 radical (unpaired) electrons. The Morgan fingerprint density at radius 1 is 1.21 bits per heavy atom. The molecule has 0 unspecified atom stereocenters. The van der Waals surface area contributed by atoms with Gasteiger partial charge in [0, 0.05) is 51.0 Å². The van der Waals surface area contributed by atoms with E-state index in [4.69, 9.17) is 4.74 Å². The van der Waals surface area contributed by atoms with Gasteiger partial charge in [-0.05, 0) is 13.0 Å². The predicted molar refractivity (Wildman–Crippen MR) is 116 cm³/mol. The smallest absolute Gasteiger partial charge is 0.277 e. The van der Waals surface area contributed by atoms with Gasteiger partial charge < -0.3 is 20.1 Å². The average molecular weight is 478 g/mol. The number of halogens is 2. The molecule has 0 atom stereocenters. The number of ether oxygens (including phenoxy) is 1. The van der Waals surface area contributed by atoms with Crippen molar-refractivity contribution in [3.05, 3.63) is 63.1 Å². The number of benzene rings is 1. The van der Waals surface area contributed by atoms with Gasteiger partial charge in [-0.2, -0.15) is 0 Å². The fourth-order valence-electron chi connectivity index (χ4n) is 3.43. The third kappa shape index (κ3) is 5.22. The fraction of sp³-hybridized carbons (Fsp3) is 0.364. The van der Waals surface area contributed by atoms with Gasteiger partial charge in [-0.25, -0.2) is 8.78 Å². The van der Waals surface area contributed by atoms with Gasteiger partial charge in [0.1, 0.15) is 29.6 Å². The molecule has 2 N–H and O–H groups in total. The van der Waals surface area contributed by atoms with Crippen LogP contribution in [0.15, 0.2) is 29.2 Å². The number of ketones is 1. The molecule has 0 saturated carbocycles. The van der Waals surface area contributed by atoms with Crippen LogP contribution >= 0.6 is 0 Å². The normalized spacial score (nSPS) is 13.1. The molecule has 12 heteroatoms. The number of aromatic hydroxyl groups is 1. The Morgan fingerprint density at radius 3 is 2.59 bits per heavy atom. The lowest BCUT2D eigenvalue weighted by Crippen LogP contribution is -2.55. The Labute approximate surface area is 193 Å². The van der Waals surface area contributed by atoms with Crippen LogP contribution in [-0.2, 0) is 16.1 Å². The number of hydrogen-bond acceptors (Lipinski definition) is 7. The molecular formula is C22H24F2N4O6. The highest BCUT2D eigenvalue weighted by atomic mass is 19.1. The maximum absolute atomic E-state index is 13.9. The van der Waals surface area contributed by atoms with Gasteiger partial charge in [0.15, 0.2) is 11.4 Å². The number of rotatable bonds is 9. The van der Waals surface area contributed by atoms with Crippen molar-refractivity contribution in [2.45, 2.75) is 19.9 Å². The van der Waals surface area contributed by atoms with Gasteiger partial charge in [-0.3, -0.25) is 28.9 Å². The van der Waals surface area contributed by atoms with E-state index in [2.05, 4.69) is 5.32 Å². The summed E-state index contributed by atoms with van der Waals surface area (Å²) in [5.41, 5.74) is -1.94. The van der Waals surface area contributed by atoms with Gasteiger partial charge in [0.2, 0.25) is 5.43 Å². The van der Waals surface area contributed by atoms with Crippen molar-refractivity contribution in [3.63, 3.8) is 0 Å². The Bertz CT molecular complexity index is 1180. The predicted octanol–water partition coefficient (Wildman–Crippen LogP) is 0.739. The Morgan fingerprint density at radius 2 is 1.94 bits per heavy atom. The monoisotopic (exact) mass is 478 g/mol. The highest BCUT2D eigenvalue weighted by molar-refractivity contribution is 5.99. The first-order valence-electron chi connectivity index (χ1n) is 10.4. The van der Waals surface area contributed by atoms with Gasteiger partial charge >= 0.3 is 0 Å². The Balaban J connectivity index is 1.95. The second-order valence-corrected chi connectivity index (χ2v) is 7.72. The van der Waals surface area contributed by atoms with Crippen LogP contribution in [0, 0.1) is 11.6 Å². The fourth-order valence-corrected chi connectivity index (χ4v) is 3.43. The van der Waals surface area contributed by atoms with Crippen LogP contribution in [0.5, 0.6) is 5.75 Å². The van der Waals surface area contributed by atoms with Crippen LogP contribution in [0.4, 0.5) is 8.78 Å². The standard InChI is InChI=1S/C22H24F2N4O6/c1-13(29)5-6-27-12-26(7-8-34-2)22(33)18-20(31)19(30)16(11-28(18)27)21(32)25-10-14-3-4-15(23)9-17(14)24/h3-4,9,11,31H,5-8,10,12H2,1-2H3,(H,25,32). The van der Waals surface area contributed by atoms with Gasteiger partial charge in [-0.15, -0.1) is 0 Å². The Hall–Kier alpha value is -3.80. The molecule has 2 aromatic rings. The molecule has 2 amide bonds. The number of hydrogen-bond donors (Lipinski definition) is 2. The van der Waals surface area contributed by atoms with Crippen LogP contribution in [0.3, 0.4) is 0 Å². The maximum Gasteiger partial charge on any atom is 0.277 e. The van der Waals surface area contributed by atoms with E-state index in [0.29, 0.717) is 6.07 Å². The van der Waals surface area contributed by atoms with Gasteiger partial charge in [-0.1, -0.05) is 6.07 Å². The molecule has 182 valence electrons. The summed E-state index contributed by atoms with van der Waals surface area (Å²) in [6, 6.07) is 2.84. The van der Waals surface area contributed by atoms with E-state index >= 15 is 0 Å². The largest absolute Gasteiger partial charge is 0.502 e. The number of carbonyl (C=O) groups is 3. The molecule has 1 aliphatic heterocycles. The quantitative estimate of drug-likeness (QED) is 0.545. The molecular weight excluding hydrogens is 454 g/mol. The number of Topliss-reactive ketones (excluding diaryl/α,β-unsaturated/α-hetero) is 1. The van der Waals surface area contributed by atoms with Crippen LogP contribution in [0.2, 0.25) is 0 Å².